The molecule has 6 heteroatoms. The van der Waals surface area contributed by atoms with Gasteiger partial charge >= 0.3 is 0 Å². The minimum atomic E-state index is -0.204. The summed E-state index contributed by atoms with van der Waals surface area (Å²) < 4.78 is 0.972. The molecule has 0 aliphatic heterocycles. The predicted octanol–water partition coefficient (Wildman–Crippen LogP) is 3.44. The van der Waals surface area contributed by atoms with Crippen molar-refractivity contribution in [1.82, 2.24) is 10.3 Å². The van der Waals surface area contributed by atoms with E-state index in [4.69, 9.17) is 0 Å². The van der Waals surface area contributed by atoms with Gasteiger partial charge in [-0.3, -0.25) is 9.59 Å². The maximum atomic E-state index is 12.4. The minimum absolute atomic E-state index is 0.0975. The summed E-state index contributed by atoms with van der Waals surface area (Å²) in [5.74, 6) is -0.301. The molecular formula is C18H15N3O2S. The molecule has 1 aliphatic carbocycles. The molecule has 1 heterocycles. The fourth-order valence-corrected chi connectivity index (χ4v) is 3.15. The highest BCUT2D eigenvalue weighted by Crippen LogP contribution is 2.21. The van der Waals surface area contributed by atoms with Crippen molar-refractivity contribution in [1.29, 1.82) is 0 Å². The molecule has 0 saturated heterocycles. The van der Waals surface area contributed by atoms with Crippen LogP contribution >= 0.6 is 11.3 Å². The molecule has 1 saturated carbocycles. The second-order valence-corrected chi connectivity index (χ2v) is 6.70. The van der Waals surface area contributed by atoms with Crippen LogP contribution in [-0.2, 0) is 0 Å². The van der Waals surface area contributed by atoms with E-state index < -0.39 is 0 Å². The van der Waals surface area contributed by atoms with Gasteiger partial charge in [0.2, 0.25) is 0 Å². The lowest BCUT2D eigenvalue weighted by atomic mass is 10.1. The maximum Gasteiger partial charge on any atom is 0.255 e. The van der Waals surface area contributed by atoms with Crippen molar-refractivity contribution < 1.29 is 9.59 Å². The average molecular weight is 337 g/mol. The van der Waals surface area contributed by atoms with E-state index in [9.17, 15) is 9.59 Å². The SMILES string of the molecule is O=C(Nc1cccc(C(=O)NC2CC2)c1)c1ccc2ncsc2c1. The number of nitrogens with one attached hydrogen (secondary N) is 2. The lowest BCUT2D eigenvalue weighted by Gasteiger charge is -2.08. The van der Waals surface area contributed by atoms with Gasteiger partial charge in [-0.25, -0.2) is 4.98 Å². The molecule has 2 amide bonds. The molecular weight excluding hydrogens is 322 g/mol. The van der Waals surface area contributed by atoms with Gasteiger partial charge in [-0.1, -0.05) is 6.07 Å². The number of carbonyl (C=O) groups excluding carboxylic acids is 2. The Hall–Kier alpha value is -2.73. The summed E-state index contributed by atoms with van der Waals surface area (Å²) >= 11 is 1.50. The van der Waals surface area contributed by atoms with Gasteiger partial charge in [-0.15, -0.1) is 11.3 Å². The second kappa shape index (κ2) is 6.05. The van der Waals surface area contributed by atoms with Gasteiger partial charge in [0.15, 0.2) is 0 Å². The monoisotopic (exact) mass is 337 g/mol. The van der Waals surface area contributed by atoms with Gasteiger partial charge < -0.3 is 10.6 Å². The number of carbonyl (C=O) groups is 2. The summed E-state index contributed by atoms with van der Waals surface area (Å²) in [4.78, 5) is 28.7. The normalized spacial score (nSPS) is 13.7. The average Bonchev–Trinajstić information content (AvgIpc) is 3.28. The van der Waals surface area contributed by atoms with Gasteiger partial charge in [-0.05, 0) is 49.2 Å². The number of hydrogen-bond acceptors (Lipinski definition) is 4. The molecule has 2 aromatic carbocycles. The molecule has 1 aromatic heterocycles. The molecule has 3 aromatic rings. The molecule has 0 spiro atoms. The fourth-order valence-electron chi connectivity index (χ4n) is 2.43. The van der Waals surface area contributed by atoms with Crippen molar-refractivity contribution in [2.75, 3.05) is 5.32 Å². The number of anilines is 1. The smallest absolute Gasteiger partial charge is 0.255 e. The highest BCUT2D eigenvalue weighted by Gasteiger charge is 2.23. The van der Waals surface area contributed by atoms with Crippen LogP contribution in [0, 0.1) is 0 Å². The Kier molecular flexibility index (Phi) is 3.74. The highest BCUT2D eigenvalue weighted by atomic mass is 32.1. The standard InChI is InChI=1S/C18H15N3O2S/c22-17(20-13-5-6-13)11-2-1-3-14(8-11)21-18(23)12-4-7-15-16(9-12)24-10-19-15/h1-4,7-10,13H,5-6H2,(H,20,22)(H,21,23). The van der Waals surface area contributed by atoms with E-state index in [0.29, 0.717) is 22.9 Å². The largest absolute Gasteiger partial charge is 0.349 e. The van der Waals surface area contributed by atoms with E-state index in [1.54, 1.807) is 35.8 Å². The molecule has 1 aliphatic rings. The van der Waals surface area contributed by atoms with Gasteiger partial charge in [0.05, 0.1) is 15.7 Å². The number of thiazole rings is 1. The highest BCUT2D eigenvalue weighted by molar-refractivity contribution is 7.16. The molecule has 0 unspecified atom stereocenters. The zero-order valence-corrected chi connectivity index (χ0v) is 13.6. The van der Waals surface area contributed by atoms with Crippen LogP contribution in [0.3, 0.4) is 0 Å². The van der Waals surface area contributed by atoms with Crippen LogP contribution in [0.2, 0.25) is 0 Å². The van der Waals surface area contributed by atoms with Crippen molar-refractivity contribution in [3.05, 3.63) is 59.1 Å². The van der Waals surface area contributed by atoms with Crippen LogP contribution in [0.5, 0.6) is 0 Å². The predicted molar refractivity (Wildman–Crippen MR) is 94.5 cm³/mol. The molecule has 2 N–H and O–H groups in total. The first-order valence-corrected chi connectivity index (χ1v) is 8.62. The first-order valence-electron chi connectivity index (χ1n) is 7.74. The molecule has 1 fully saturated rings. The summed E-state index contributed by atoms with van der Waals surface area (Å²) in [5, 5.41) is 5.79. The van der Waals surface area contributed by atoms with E-state index >= 15 is 0 Å². The Morgan fingerprint density at radius 3 is 2.71 bits per heavy atom. The Balaban J connectivity index is 1.51. The zero-order valence-electron chi connectivity index (χ0n) is 12.8. The molecule has 5 nitrogen and oxygen atoms in total. The van der Waals surface area contributed by atoms with Crippen LogP contribution in [0.4, 0.5) is 5.69 Å². The molecule has 4 rings (SSSR count). The fraction of sp³-hybridized carbons (Fsp3) is 0.167. The summed E-state index contributed by atoms with van der Waals surface area (Å²) in [7, 11) is 0. The van der Waals surface area contributed by atoms with Gasteiger partial charge in [0.1, 0.15) is 0 Å². The van der Waals surface area contributed by atoms with E-state index in [1.165, 1.54) is 11.3 Å². The van der Waals surface area contributed by atoms with Crippen LogP contribution in [0.25, 0.3) is 10.2 Å². The number of nitrogens with zero attached hydrogens (tertiary/aromatic N) is 1. The quantitative estimate of drug-likeness (QED) is 0.766. The number of hydrogen-bond donors (Lipinski definition) is 2. The van der Waals surface area contributed by atoms with E-state index in [0.717, 1.165) is 23.1 Å². The van der Waals surface area contributed by atoms with E-state index in [-0.39, 0.29) is 11.8 Å². The van der Waals surface area contributed by atoms with Crippen molar-refractivity contribution >= 4 is 39.1 Å². The number of fused-ring (bicyclic) bond motifs is 1. The lowest BCUT2D eigenvalue weighted by Crippen LogP contribution is -2.25. The lowest BCUT2D eigenvalue weighted by molar-refractivity contribution is 0.0949. The Labute approximate surface area is 142 Å². The summed E-state index contributed by atoms with van der Waals surface area (Å²) in [6, 6.07) is 12.7. The zero-order chi connectivity index (χ0) is 16.5. The van der Waals surface area contributed by atoms with Crippen LogP contribution < -0.4 is 10.6 Å². The second-order valence-electron chi connectivity index (χ2n) is 5.82. The number of amides is 2. The van der Waals surface area contributed by atoms with Crippen LogP contribution in [-0.4, -0.2) is 22.8 Å². The van der Waals surface area contributed by atoms with Crippen molar-refractivity contribution in [3.63, 3.8) is 0 Å². The molecule has 120 valence electrons. The van der Waals surface area contributed by atoms with E-state index in [1.807, 2.05) is 12.1 Å². The Morgan fingerprint density at radius 2 is 1.88 bits per heavy atom. The topological polar surface area (TPSA) is 71.1 Å². The maximum absolute atomic E-state index is 12.4. The molecule has 0 radical (unpaired) electrons. The van der Waals surface area contributed by atoms with Crippen molar-refractivity contribution in [3.8, 4) is 0 Å². The van der Waals surface area contributed by atoms with Crippen LogP contribution in [0.15, 0.2) is 48.0 Å². The van der Waals surface area contributed by atoms with Gasteiger partial charge in [0, 0.05) is 22.9 Å². The Morgan fingerprint density at radius 1 is 1.04 bits per heavy atom. The number of benzene rings is 2. The summed E-state index contributed by atoms with van der Waals surface area (Å²) in [5.41, 5.74) is 4.37. The Bertz CT molecular complexity index is 931. The van der Waals surface area contributed by atoms with Crippen molar-refractivity contribution in [2.45, 2.75) is 18.9 Å². The molecule has 0 bridgehead atoms. The van der Waals surface area contributed by atoms with Gasteiger partial charge in [-0.2, -0.15) is 0 Å². The summed E-state index contributed by atoms with van der Waals surface area (Å²) in [6.45, 7) is 0. The third kappa shape index (κ3) is 3.14. The first-order chi connectivity index (χ1) is 11.7. The number of rotatable bonds is 4. The summed E-state index contributed by atoms with van der Waals surface area (Å²) in [6.07, 6.45) is 2.09. The third-order valence-electron chi connectivity index (χ3n) is 3.89. The molecule has 24 heavy (non-hydrogen) atoms. The van der Waals surface area contributed by atoms with E-state index in [2.05, 4.69) is 15.6 Å². The van der Waals surface area contributed by atoms with Crippen molar-refractivity contribution in [2.24, 2.45) is 0 Å². The molecule has 0 atom stereocenters. The third-order valence-corrected chi connectivity index (χ3v) is 4.68. The first kappa shape index (κ1) is 14.8. The van der Waals surface area contributed by atoms with Gasteiger partial charge in [0.25, 0.3) is 11.8 Å². The van der Waals surface area contributed by atoms with Crippen LogP contribution in [0.1, 0.15) is 33.6 Å². The minimum Gasteiger partial charge on any atom is -0.349 e. The number of aromatic nitrogens is 1.